The minimum Gasteiger partial charge on any atom is -0.487 e. The Balaban J connectivity index is 2.20. The van der Waals surface area contributed by atoms with Crippen LogP contribution in [0.2, 0.25) is 0 Å². The predicted molar refractivity (Wildman–Crippen MR) is 89.3 cm³/mol. The summed E-state index contributed by atoms with van der Waals surface area (Å²) < 4.78 is 7.60. The molecule has 0 saturated heterocycles. The van der Waals surface area contributed by atoms with Crippen molar-refractivity contribution in [1.82, 2.24) is 0 Å². The van der Waals surface area contributed by atoms with Crippen LogP contribution in [0.25, 0.3) is 6.08 Å². The molecule has 0 aliphatic rings. The van der Waals surface area contributed by atoms with Crippen LogP contribution in [0.5, 0.6) is 5.75 Å². The Kier molecular flexibility index (Phi) is 5.59. The van der Waals surface area contributed by atoms with Gasteiger partial charge in [0.25, 0.3) is 0 Å². The molecule has 0 radical (unpaired) electrons. The third kappa shape index (κ3) is 4.72. The fourth-order valence-electron chi connectivity index (χ4n) is 1.75. The van der Waals surface area contributed by atoms with Crippen molar-refractivity contribution in [1.29, 1.82) is 0 Å². The van der Waals surface area contributed by atoms with E-state index in [1.165, 1.54) is 6.08 Å². The number of hydrogen-bond acceptors (Lipinski definition) is 2. The number of aliphatic carboxylic acids is 1. The maximum Gasteiger partial charge on any atom is 0.328 e. The summed E-state index contributed by atoms with van der Waals surface area (Å²) >= 11 is 6.84. The number of ether oxygens (including phenoxy) is 1. The SMILES string of the molecule is O=C(O)C=Cc1cccc(Br)c1OCc1cccc(Br)c1. The van der Waals surface area contributed by atoms with Crippen molar-refractivity contribution in [3.8, 4) is 5.75 Å². The molecule has 21 heavy (non-hydrogen) atoms. The molecule has 0 heterocycles. The predicted octanol–water partition coefficient (Wildman–Crippen LogP) is 4.89. The highest BCUT2D eigenvalue weighted by atomic mass is 79.9. The number of carboxylic acid groups (broad SMARTS) is 1. The second kappa shape index (κ2) is 7.43. The Morgan fingerprint density at radius 2 is 1.95 bits per heavy atom. The van der Waals surface area contributed by atoms with Gasteiger partial charge in [-0.05, 0) is 45.8 Å². The highest BCUT2D eigenvalue weighted by Gasteiger charge is 2.07. The average Bonchev–Trinajstić information content (AvgIpc) is 2.44. The lowest BCUT2D eigenvalue weighted by Crippen LogP contribution is -1.98. The number of hydrogen-bond donors (Lipinski definition) is 1. The van der Waals surface area contributed by atoms with Crippen LogP contribution in [0.1, 0.15) is 11.1 Å². The van der Waals surface area contributed by atoms with Crippen LogP contribution in [0.15, 0.2) is 57.5 Å². The maximum absolute atomic E-state index is 10.6. The van der Waals surface area contributed by atoms with Crippen LogP contribution in [-0.2, 0) is 11.4 Å². The number of halogens is 2. The van der Waals surface area contributed by atoms with E-state index in [0.717, 1.165) is 20.6 Å². The van der Waals surface area contributed by atoms with Gasteiger partial charge in [0, 0.05) is 16.1 Å². The first-order valence-corrected chi connectivity index (χ1v) is 7.71. The summed E-state index contributed by atoms with van der Waals surface area (Å²) in [5.74, 6) is -0.372. The van der Waals surface area contributed by atoms with Gasteiger partial charge in [0.15, 0.2) is 0 Å². The molecule has 3 nitrogen and oxygen atoms in total. The van der Waals surface area contributed by atoms with E-state index in [2.05, 4.69) is 31.9 Å². The van der Waals surface area contributed by atoms with Crippen molar-refractivity contribution < 1.29 is 14.6 Å². The fraction of sp³-hybridized carbons (Fsp3) is 0.0625. The Bertz CT molecular complexity index is 681. The first-order chi connectivity index (χ1) is 10.1. The first kappa shape index (κ1) is 15.8. The maximum atomic E-state index is 10.6. The van der Waals surface area contributed by atoms with Gasteiger partial charge < -0.3 is 9.84 Å². The van der Waals surface area contributed by atoms with Crippen LogP contribution in [0.4, 0.5) is 0 Å². The Labute approximate surface area is 139 Å². The van der Waals surface area contributed by atoms with E-state index < -0.39 is 5.97 Å². The van der Waals surface area contributed by atoms with Crippen LogP contribution >= 0.6 is 31.9 Å². The van der Waals surface area contributed by atoms with E-state index >= 15 is 0 Å². The number of carbonyl (C=O) groups is 1. The summed E-state index contributed by atoms with van der Waals surface area (Å²) in [6.07, 6.45) is 2.61. The highest BCUT2D eigenvalue weighted by molar-refractivity contribution is 9.10. The number of carboxylic acids is 1. The molecular weight excluding hydrogens is 400 g/mol. The van der Waals surface area contributed by atoms with E-state index in [1.807, 2.05) is 36.4 Å². The van der Waals surface area contributed by atoms with Crippen molar-refractivity contribution in [2.45, 2.75) is 6.61 Å². The zero-order valence-corrected chi connectivity index (χ0v) is 14.1. The van der Waals surface area contributed by atoms with E-state index in [-0.39, 0.29) is 0 Å². The zero-order valence-electron chi connectivity index (χ0n) is 10.9. The Hall–Kier alpha value is -1.59. The normalized spacial score (nSPS) is 10.8. The van der Waals surface area contributed by atoms with Crippen molar-refractivity contribution in [2.75, 3.05) is 0 Å². The molecule has 2 rings (SSSR count). The van der Waals surface area contributed by atoms with Gasteiger partial charge in [-0.3, -0.25) is 0 Å². The van der Waals surface area contributed by atoms with Gasteiger partial charge in [-0.1, -0.05) is 40.2 Å². The zero-order chi connectivity index (χ0) is 15.2. The first-order valence-electron chi connectivity index (χ1n) is 6.13. The van der Waals surface area contributed by atoms with Gasteiger partial charge in [0.05, 0.1) is 4.47 Å². The van der Waals surface area contributed by atoms with E-state index in [9.17, 15) is 4.79 Å². The molecule has 0 aromatic heterocycles. The van der Waals surface area contributed by atoms with Crippen LogP contribution < -0.4 is 4.74 Å². The molecule has 2 aromatic rings. The molecular formula is C16H12Br2O3. The van der Waals surface area contributed by atoms with E-state index in [4.69, 9.17) is 9.84 Å². The molecule has 0 fully saturated rings. The summed E-state index contributed by atoms with van der Waals surface area (Å²) in [4.78, 5) is 10.6. The average molecular weight is 412 g/mol. The van der Waals surface area contributed by atoms with Gasteiger partial charge in [-0.15, -0.1) is 0 Å². The van der Waals surface area contributed by atoms with Crippen molar-refractivity contribution >= 4 is 43.9 Å². The largest absolute Gasteiger partial charge is 0.487 e. The number of para-hydroxylation sites is 1. The lowest BCUT2D eigenvalue weighted by atomic mass is 10.2. The molecule has 0 saturated carbocycles. The summed E-state index contributed by atoms with van der Waals surface area (Å²) in [6, 6.07) is 13.3. The summed E-state index contributed by atoms with van der Waals surface area (Å²) in [6.45, 7) is 0.399. The molecule has 0 atom stereocenters. The van der Waals surface area contributed by atoms with Gasteiger partial charge >= 0.3 is 5.97 Å². The third-order valence-corrected chi connectivity index (χ3v) is 3.79. The van der Waals surface area contributed by atoms with E-state index in [1.54, 1.807) is 6.07 Å². The topological polar surface area (TPSA) is 46.5 Å². The second-order valence-corrected chi connectivity index (χ2v) is 6.02. The molecule has 0 aliphatic heterocycles. The number of rotatable bonds is 5. The second-order valence-electron chi connectivity index (χ2n) is 4.25. The molecule has 108 valence electrons. The Morgan fingerprint density at radius 3 is 2.67 bits per heavy atom. The van der Waals surface area contributed by atoms with E-state index in [0.29, 0.717) is 17.9 Å². The molecule has 2 aromatic carbocycles. The minimum absolute atomic E-state index is 0.399. The van der Waals surface area contributed by atoms with Crippen LogP contribution in [0, 0.1) is 0 Å². The van der Waals surface area contributed by atoms with Crippen LogP contribution in [0.3, 0.4) is 0 Å². The quantitative estimate of drug-likeness (QED) is 0.712. The molecule has 0 aliphatic carbocycles. The number of benzene rings is 2. The standard InChI is InChI=1S/C16H12Br2O3/c17-13-5-1-3-11(9-13)10-21-16-12(7-8-15(19)20)4-2-6-14(16)18/h1-9H,10H2,(H,19,20). The minimum atomic E-state index is -0.993. The van der Waals surface area contributed by atoms with Gasteiger partial charge in [0.2, 0.25) is 0 Å². The molecule has 5 heteroatoms. The van der Waals surface area contributed by atoms with Gasteiger partial charge in [-0.25, -0.2) is 4.79 Å². The fourth-order valence-corrected chi connectivity index (χ4v) is 2.70. The van der Waals surface area contributed by atoms with Gasteiger partial charge in [-0.2, -0.15) is 0 Å². The molecule has 0 amide bonds. The molecule has 0 spiro atoms. The lowest BCUT2D eigenvalue weighted by molar-refractivity contribution is -0.131. The molecule has 0 unspecified atom stereocenters. The van der Waals surface area contributed by atoms with Crippen molar-refractivity contribution in [2.24, 2.45) is 0 Å². The monoisotopic (exact) mass is 410 g/mol. The smallest absolute Gasteiger partial charge is 0.328 e. The summed E-state index contributed by atoms with van der Waals surface area (Å²) in [7, 11) is 0. The Morgan fingerprint density at radius 1 is 1.19 bits per heavy atom. The molecule has 1 N–H and O–H groups in total. The highest BCUT2D eigenvalue weighted by Crippen LogP contribution is 2.31. The summed E-state index contributed by atoms with van der Waals surface area (Å²) in [5, 5.41) is 8.73. The lowest BCUT2D eigenvalue weighted by Gasteiger charge is -2.11. The summed E-state index contributed by atoms with van der Waals surface area (Å²) in [5.41, 5.74) is 1.73. The molecule has 0 bridgehead atoms. The van der Waals surface area contributed by atoms with Gasteiger partial charge in [0.1, 0.15) is 12.4 Å². The van der Waals surface area contributed by atoms with Crippen molar-refractivity contribution in [3.63, 3.8) is 0 Å². The van der Waals surface area contributed by atoms with Crippen molar-refractivity contribution in [3.05, 3.63) is 68.6 Å². The van der Waals surface area contributed by atoms with Crippen LogP contribution in [-0.4, -0.2) is 11.1 Å². The third-order valence-electron chi connectivity index (χ3n) is 2.68.